The molecule has 0 fully saturated rings. The van der Waals surface area contributed by atoms with Gasteiger partial charge in [0.2, 0.25) is 5.96 Å². The first-order chi connectivity index (χ1) is 6.12. The first kappa shape index (κ1) is 13.1. The van der Waals surface area contributed by atoms with Crippen LogP contribution in [0.3, 0.4) is 0 Å². The monoisotopic (exact) mass is 247 g/mol. The summed E-state index contributed by atoms with van der Waals surface area (Å²) in [5, 5.41) is 6.55. The lowest BCUT2D eigenvalue weighted by Gasteiger charge is -2.04. The average molecular weight is 247 g/mol. The summed E-state index contributed by atoms with van der Waals surface area (Å²) < 4.78 is 50.1. The fourth-order valence-corrected chi connectivity index (χ4v) is 1.71. The van der Waals surface area contributed by atoms with Gasteiger partial charge in [-0.05, 0) is 0 Å². The molecule has 84 valence electrons. The second kappa shape index (κ2) is 4.54. The van der Waals surface area contributed by atoms with Crippen LogP contribution < -0.4 is 11.2 Å². The Balaban J connectivity index is 4.17. The smallest absolute Gasteiger partial charge is 0.313 e. The summed E-state index contributed by atoms with van der Waals surface area (Å²) in [6.07, 6.45) is 0.681. The molecule has 0 aromatic rings. The van der Waals surface area contributed by atoms with Crippen LogP contribution in [0.4, 0.5) is 0 Å². The molecule has 0 rings (SSSR count). The maximum atomic E-state index is 10.8. The Kier molecular flexibility index (Phi) is 4.25. The summed E-state index contributed by atoms with van der Waals surface area (Å²) in [6.45, 7) is 0. The highest BCUT2D eigenvalue weighted by Crippen LogP contribution is 1.95. The minimum absolute atomic E-state index is 0.681. The normalized spacial score (nSPS) is 12.4. The Morgan fingerprint density at radius 3 is 2.29 bits per heavy atom. The van der Waals surface area contributed by atoms with E-state index in [2.05, 4.69) is 8.47 Å². The van der Waals surface area contributed by atoms with Gasteiger partial charge >= 0.3 is 10.1 Å². The lowest BCUT2D eigenvalue weighted by atomic mass is 11.1. The first-order valence-corrected chi connectivity index (χ1v) is 6.37. The van der Waals surface area contributed by atoms with Crippen molar-refractivity contribution >= 4 is 26.2 Å². The van der Waals surface area contributed by atoms with Crippen LogP contribution >= 0.6 is 0 Å². The van der Waals surface area contributed by atoms with Crippen LogP contribution in [0.1, 0.15) is 0 Å². The van der Waals surface area contributed by atoms with Crippen molar-refractivity contribution in [1.29, 1.82) is 5.41 Å². The van der Waals surface area contributed by atoms with Gasteiger partial charge in [-0.1, -0.05) is 0 Å². The lowest BCUT2D eigenvalue weighted by molar-refractivity contribution is 0.247. The molecule has 4 N–H and O–H groups in total. The lowest BCUT2D eigenvalue weighted by Crippen LogP contribution is -2.34. The fourth-order valence-electron chi connectivity index (χ4n) is 0.279. The summed E-state index contributed by atoms with van der Waals surface area (Å²) in [5.41, 5.74) is 6.23. The van der Waals surface area contributed by atoms with Crippen molar-refractivity contribution in [1.82, 2.24) is 5.48 Å². The Hall–Kier alpha value is -0.910. The van der Waals surface area contributed by atoms with Crippen molar-refractivity contribution < 1.29 is 25.3 Å². The Morgan fingerprint density at radius 1 is 1.43 bits per heavy atom. The molecule has 0 heterocycles. The first-order valence-electron chi connectivity index (χ1n) is 2.98. The van der Waals surface area contributed by atoms with Gasteiger partial charge in [0.1, 0.15) is 0 Å². The van der Waals surface area contributed by atoms with E-state index in [1.54, 1.807) is 0 Å². The quantitative estimate of drug-likeness (QED) is 0.212. The van der Waals surface area contributed by atoms with Crippen LogP contribution in [-0.4, -0.2) is 35.0 Å². The van der Waals surface area contributed by atoms with Crippen LogP contribution in [0, 0.1) is 5.41 Å². The van der Waals surface area contributed by atoms with Crippen molar-refractivity contribution in [3.05, 3.63) is 0 Å². The minimum Gasteiger partial charge on any atom is -0.368 e. The summed E-state index contributed by atoms with van der Waals surface area (Å²) >= 11 is 0. The van der Waals surface area contributed by atoms with Crippen LogP contribution in [0.2, 0.25) is 0 Å². The molecular weight excluding hydrogens is 238 g/mol. The average Bonchev–Trinajstić information content (AvgIpc) is 1.97. The number of nitrogens with two attached hydrogens (primary N) is 1. The Morgan fingerprint density at radius 2 is 1.93 bits per heavy atom. The van der Waals surface area contributed by atoms with Gasteiger partial charge in [0.05, 0.1) is 6.26 Å². The molecule has 0 saturated heterocycles. The topological polar surface area (TPSA) is 149 Å². The van der Waals surface area contributed by atoms with Gasteiger partial charge in [-0.15, -0.1) is 4.28 Å². The van der Waals surface area contributed by atoms with E-state index in [0.29, 0.717) is 6.26 Å². The zero-order valence-corrected chi connectivity index (χ0v) is 8.68. The summed E-state index contributed by atoms with van der Waals surface area (Å²) in [4.78, 5) is 0. The predicted molar refractivity (Wildman–Crippen MR) is 45.9 cm³/mol. The van der Waals surface area contributed by atoms with Crippen molar-refractivity contribution in [3.8, 4) is 0 Å². The van der Waals surface area contributed by atoms with E-state index in [1.165, 1.54) is 5.48 Å². The van der Waals surface area contributed by atoms with Gasteiger partial charge in [-0.3, -0.25) is 9.59 Å². The number of nitrogens with one attached hydrogen (secondary N) is 2. The second-order valence-corrected chi connectivity index (χ2v) is 5.26. The van der Waals surface area contributed by atoms with Crippen LogP contribution in [0.5, 0.6) is 0 Å². The maximum absolute atomic E-state index is 10.8. The number of hydrogen-bond acceptors (Lipinski definition) is 7. The molecule has 14 heavy (non-hydrogen) atoms. The highest BCUT2D eigenvalue weighted by Gasteiger charge is 2.16. The third-order valence-corrected chi connectivity index (χ3v) is 2.12. The second-order valence-electron chi connectivity index (χ2n) is 2.10. The Labute approximate surface area is 80.9 Å². The molecule has 0 amide bonds. The molecule has 0 spiro atoms. The molecule has 0 atom stereocenters. The molecule has 9 nitrogen and oxygen atoms in total. The van der Waals surface area contributed by atoms with E-state index in [9.17, 15) is 16.8 Å². The third kappa shape index (κ3) is 7.72. The van der Waals surface area contributed by atoms with Gasteiger partial charge in [-0.25, -0.2) is 5.48 Å². The van der Waals surface area contributed by atoms with E-state index in [1.807, 2.05) is 0 Å². The van der Waals surface area contributed by atoms with E-state index >= 15 is 0 Å². The zero-order valence-electron chi connectivity index (χ0n) is 7.05. The van der Waals surface area contributed by atoms with Crippen LogP contribution in [0.15, 0.2) is 0 Å². The summed E-state index contributed by atoms with van der Waals surface area (Å²) in [7, 11) is -8.11. The molecule has 0 aromatic heterocycles. The largest absolute Gasteiger partial charge is 0.368 e. The molecule has 0 aromatic carbocycles. The molecule has 0 saturated carbocycles. The van der Waals surface area contributed by atoms with Crippen molar-refractivity contribution in [3.63, 3.8) is 0 Å². The molecule has 11 heteroatoms. The SMILES string of the molecule is CS(=O)(=O)OCS(=O)(=O)ONC(=N)N. The molecular formula is C3H9N3O6S2. The zero-order chi connectivity index (χ0) is 11.4. The van der Waals surface area contributed by atoms with Gasteiger partial charge in [0.15, 0.2) is 5.94 Å². The van der Waals surface area contributed by atoms with E-state index in [4.69, 9.17) is 11.1 Å². The summed E-state index contributed by atoms with van der Waals surface area (Å²) in [5.74, 6) is -1.93. The highest BCUT2D eigenvalue weighted by atomic mass is 32.2. The van der Waals surface area contributed by atoms with Crippen LogP contribution in [-0.2, 0) is 28.7 Å². The van der Waals surface area contributed by atoms with E-state index in [-0.39, 0.29) is 0 Å². The minimum atomic E-state index is -4.24. The predicted octanol–water partition coefficient (Wildman–Crippen LogP) is -2.34. The van der Waals surface area contributed by atoms with Crippen molar-refractivity contribution in [2.75, 3.05) is 12.2 Å². The van der Waals surface area contributed by atoms with Gasteiger partial charge in [0, 0.05) is 0 Å². The molecule has 0 aliphatic heterocycles. The highest BCUT2D eigenvalue weighted by molar-refractivity contribution is 7.89. The van der Waals surface area contributed by atoms with Crippen molar-refractivity contribution in [2.45, 2.75) is 0 Å². The van der Waals surface area contributed by atoms with E-state index in [0.717, 1.165) is 0 Å². The van der Waals surface area contributed by atoms with Gasteiger partial charge < -0.3 is 5.73 Å². The third-order valence-electron chi connectivity index (χ3n) is 0.685. The molecule has 0 aliphatic rings. The molecule has 0 radical (unpaired) electrons. The standard InChI is InChI=1S/C3H9N3O6S2/c1-13(7,8)11-2-14(9,10)12-6-3(4)5/h2H2,1H3,(H4,4,5,6). The fraction of sp³-hybridized carbons (Fsp3) is 0.667. The summed E-state index contributed by atoms with van der Waals surface area (Å²) in [6, 6.07) is 0. The number of guanidine groups is 1. The maximum Gasteiger partial charge on any atom is 0.313 e. The molecule has 0 aliphatic carbocycles. The van der Waals surface area contributed by atoms with Gasteiger partial charge in [0.25, 0.3) is 10.1 Å². The number of rotatable bonds is 5. The molecule has 0 bridgehead atoms. The van der Waals surface area contributed by atoms with Gasteiger partial charge in [-0.2, -0.15) is 16.8 Å². The molecule has 0 unspecified atom stereocenters. The van der Waals surface area contributed by atoms with Crippen molar-refractivity contribution in [2.24, 2.45) is 5.73 Å². The Bertz CT molecular complexity index is 396. The van der Waals surface area contributed by atoms with Crippen LogP contribution in [0.25, 0.3) is 0 Å². The number of hydroxylamine groups is 1. The number of hydrogen-bond donors (Lipinski definition) is 3. The van der Waals surface area contributed by atoms with E-state index < -0.39 is 32.1 Å².